The third kappa shape index (κ3) is 4.66. The van der Waals surface area contributed by atoms with E-state index in [1.54, 1.807) is 12.1 Å². The van der Waals surface area contributed by atoms with Crippen molar-refractivity contribution in [3.63, 3.8) is 0 Å². The lowest BCUT2D eigenvalue weighted by atomic mass is 9.82. The van der Waals surface area contributed by atoms with Crippen LogP contribution in [0.25, 0.3) is 0 Å². The molecule has 0 aromatic heterocycles. The van der Waals surface area contributed by atoms with E-state index in [1.807, 2.05) is 0 Å². The van der Waals surface area contributed by atoms with Gasteiger partial charge in [-0.2, -0.15) is 26.3 Å². The number of hydrogen-bond donors (Lipinski definition) is 0. The number of hydrogen-bond acceptors (Lipinski definition) is 3. The Balaban J connectivity index is 1.55. The zero-order valence-corrected chi connectivity index (χ0v) is 17.6. The van der Waals surface area contributed by atoms with E-state index in [9.17, 15) is 35.9 Å². The van der Waals surface area contributed by atoms with Gasteiger partial charge in [-0.1, -0.05) is 11.6 Å². The van der Waals surface area contributed by atoms with Gasteiger partial charge in [0.25, 0.3) is 5.91 Å². The van der Waals surface area contributed by atoms with Crippen LogP contribution in [0.5, 0.6) is 5.75 Å². The molecule has 0 radical (unpaired) electrons. The van der Waals surface area contributed by atoms with Gasteiger partial charge >= 0.3 is 12.4 Å². The summed E-state index contributed by atoms with van der Waals surface area (Å²) in [4.78, 5) is 26.5. The number of piperidine rings is 1. The summed E-state index contributed by atoms with van der Waals surface area (Å²) in [5.41, 5.74) is -4.36. The molecule has 4 rings (SSSR count). The largest absolute Gasteiger partial charge is 0.486 e. The van der Waals surface area contributed by atoms with Gasteiger partial charge in [-0.3, -0.25) is 9.59 Å². The minimum atomic E-state index is -5.05. The summed E-state index contributed by atoms with van der Waals surface area (Å²) in [6.07, 6.45) is -9.68. The number of ketones is 1. The van der Waals surface area contributed by atoms with Crippen LogP contribution in [0.3, 0.4) is 0 Å². The third-order valence-electron chi connectivity index (χ3n) is 5.85. The molecule has 2 aromatic carbocycles. The fourth-order valence-corrected chi connectivity index (χ4v) is 4.30. The van der Waals surface area contributed by atoms with Crippen LogP contribution < -0.4 is 4.74 Å². The second kappa shape index (κ2) is 7.93. The number of ether oxygens (including phenoxy) is 1. The monoisotopic (exact) mass is 491 g/mol. The van der Waals surface area contributed by atoms with Crippen LogP contribution in [-0.2, 0) is 12.4 Å². The number of amides is 1. The predicted octanol–water partition coefficient (Wildman–Crippen LogP) is 6.02. The number of halogens is 7. The molecule has 0 bridgehead atoms. The van der Waals surface area contributed by atoms with Crippen molar-refractivity contribution in [1.82, 2.24) is 4.90 Å². The molecule has 0 atom stereocenters. The lowest BCUT2D eigenvalue weighted by molar-refractivity contribution is -0.143. The van der Waals surface area contributed by atoms with Crippen molar-refractivity contribution in [3.8, 4) is 5.75 Å². The number of carbonyl (C=O) groups is 2. The zero-order valence-electron chi connectivity index (χ0n) is 16.8. The van der Waals surface area contributed by atoms with Crippen LogP contribution >= 0.6 is 11.6 Å². The molecule has 2 aliphatic rings. The van der Waals surface area contributed by atoms with Gasteiger partial charge in [0.1, 0.15) is 11.4 Å². The van der Waals surface area contributed by atoms with Gasteiger partial charge in [0, 0.05) is 36.5 Å². The van der Waals surface area contributed by atoms with Gasteiger partial charge < -0.3 is 9.64 Å². The Morgan fingerprint density at radius 2 is 1.52 bits per heavy atom. The van der Waals surface area contributed by atoms with Crippen LogP contribution in [0.2, 0.25) is 5.02 Å². The number of Topliss-reactive ketones (excluding diaryl/α,β-unsaturated/α-hetero) is 1. The van der Waals surface area contributed by atoms with Gasteiger partial charge in [-0.25, -0.2) is 0 Å². The van der Waals surface area contributed by atoms with Gasteiger partial charge in [-0.05, 0) is 36.4 Å². The first-order chi connectivity index (χ1) is 15.3. The Hall–Kier alpha value is -2.75. The second-order valence-electron chi connectivity index (χ2n) is 8.11. The molecule has 1 amide bonds. The average Bonchev–Trinajstić information content (AvgIpc) is 2.73. The minimum absolute atomic E-state index is 0.00658. The van der Waals surface area contributed by atoms with E-state index in [0.29, 0.717) is 28.5 Å². The molecule has 176 valence electrons. The molecular formula is C22H16ClF6NO3. The van der Waals surface area contributed by atoms with Crippen molar-refractivity contribution in [2.24, 2.45) is 0 Å². The summed E-state index contributed by atoms with van der Waals surface area (Å²) in [5, 5.41) is 0.376. The number of benzene rings is 2. The highest BCUT2D eigenvalue weighted by Gasteiger charge is 2.44. The molecule has 2 aromatic rings. The topological polar surface area (TPSA) is 46.6 Å². The summed E-state index contributed by atoms with van der Waals surface area (Å²) in [6.45, 7) is 0.0132. The van der Waals surface area contributed by atoms with Crippen molar-refractivity contribution in [2.75, 3.05) is 13.1 Å². The highest BCUT2D eigenvalue weighted by Crippen LogP contribution is 2.41. The first-order valence-corrected chi connectivity index (χ1v) is 10.3. The van der Waals surface area contributed by atoms with Crippen LogP contribution in [0.1, 0.15) is 51.1 Å². The number of fused-ring (bicyclic) bond motifs is 1. The van der Waals surface area contributed by atoms with Crippen molar-refractivity contribution >= 4 is 23.3 Å². The van der Waals surface area contributed by atoms with Gasteiger partial charge in [-0.15, -0.1) is 0 Å². The molecule has 0 saturated carbocycles. The van der Waals surface area contributed by atoms with Crippen LogP contribution in [0.4, 0.5) is 26.3 Å². The van der Waals surface area contributed by atoms with Crippen molar-refractivity contribution in [2.45, 2.75) is 37.2 Å². The highest BCUT2D eigenvalue weighted by atomic mass is 35.5. The Kier molecular flexibility index (Phi) is 5.63. The Morgan fingerprint density at radius 1 is 0.939 bits per heavy atom. The summed E-state index contributed by atoms with van der Waals surface area (Å²) in [6, 6.07) is 5.45. The van der Waals surface area contributed by atoms with E-state index in [-0.39, 0.29) is 44.2 Å². The van der Waals surface area contributed by atoms with Gasteiger partial charge in [0.05, 0.1) is 23.1 Å². The average molecular weight is 492 g/mol. The number of carbonyl (C=O) groups excluding carboxylic acids is 2. The quantitative estimate of drug-likeness (QED) is 0.458. The SMILES string of the molecule is O=C1CC2(CCN(C(=O)c3cc(C(F)(F)F)cc(C(F)(F)F)c3)CC2)Oc2ccc(Cl)cc21. The van der Waals surface area contributed by atoms with E-state index in [0.717, 1.165) is 0 Å². The number of rotatable bonds is 1. The van der Waals surface area contributed by atoms with Crippen molar-refractivity contribution < 1.29 is 40.7 Å². The van der Waals surface area contributed by atoms with E-state index in [4.69, 9.17) is 16.3 Å². The maximum atomic E-state index is 13.1. The minimum Gasteiger partial charge on any atom is -0.486 e. The Labute approximate surface area is 189 Å². The fraction of sp³-hybridized carbons (Fsp3) is 0.364. The highest BCUT2D eigenvalue weighted by molar-refractivity contribution is 6.31. The normalized spacial score (nSPS) is 18.2. The lowest BCUT2D eigenvalue weighted by Gasteiger charge is -2.44. The van der Waals surface area contributed by atoms with Crippen molar-refractivity contribution in [1.29, 1.82) is 0 Å². The fourth-order valence-electron chi connectivity index (χ4n) is 4.12. The van der Waals surface area contributed by atoms with Crippen LogP contribution in [-0.4, -0.2) is 35.3 Å². The summed E-state index contributed by atoms with van der Waals surface area (Å²) in [5.74, 6) is -0.787. The van der Waals surface area contributed by atoms with Gasteiger partial charge in [0.15, 0.2) is 5.78 Å². The summed E-state index contributed by atoms with van der Waals surface area (Å²) < 4.78 is 84.7. The standard InChI is InChI=1S/C22H16ClF6NO3/c23-15-1-2-18-16(10-15)17(31)11-20(33-18)3-5-30(6-4-20)19(32)12-7-13(21(24,25)26)9-14(8-12)22(27,28)29/h1-2,7-10H,3-6,11H2. The molecule has 0 unspecified atom stereocenters. The summed E-state index contributed by atoms with van der Waals surface area (Å²) in [7, 11) is 0. The maximum absolute atomic E-state index is 13.1. The molecule has 2 aliphatic heterocycles. The molecule has 11 heteroatoms. The molecule has 0 aliphatic carbocycles. The van der Waals surface area contributed by atoms with Crippen LogP contribution in [0.15, 0.2) is 36.4 Å². The molecule has 1 fully saturated rings. The van der Waals surface area contributed by atoms with Crippen LogP contribution in [0, 0.1) is 0 Å². The molecule has 1 spiro atoms. The number of nitrogens with zero attached hydrogens (tertiary/aromatic N) is 1. The van der Waals surface area contributed by atoms with E-state index < -0.39 is 40.6 Å². The van der Waals surface area contributed by atoms with Gasteiger partial charge in [0.2, 0.25) is 0 Å². The smallest absolute Gasteiger partial charge is 0.416 e. The zero-order chi connectivity index (χ0) is 24.2. The third-order valence-corrected chi connectivity index (χ3v) is 6.08. The van der Waals surface area contributed by atoms with E-state index in [1.165, 1.54) is 11.0 Å². The molecule has 0 N–H and O–H groups in total. The van der Waals surface area contributed by atoms with E-state index >= 15 is 0 Å². The Bertz CT molecular complexity index is 1090. The number of likely N-dealkylation sites (tertiary alicyclic amines) is 1. The molecular weight excluding hydrogens is 476 g/mol. The maximum Gasteiger partial charge on any atom is 0.416 e. The molecule has 33 heavy (non-hydrogen) atoms. The first-order valence-electron chi connectivity index (χ1n) is 9.88. The molecule has 2 heterocycles. The first kappa shape index (κ1) is 23.4. The predicted molar refractivity (Wildman–Crippen MR) is 105 cm³/mol. The van der Waals surface area contributed by atoms with E-state index in [2.05, 4.69) is 0 Å². The number of alkyl halides is 6. The molecule has 4 nitrogen and oxygen atoms in total. The molecule has 1 saturated heterocycles. The Morgan fingerprint density at radius 3 is 2.06 bits per heavy atom. The van der Waals surface area contributed by atoms with Crippen molar-refractivity contribution in [3.05, 3.63) is 63.7 Å². The lowest BCUT2D eigenvalue weighted by Crippen LogP contribution is -2.52. The summed E-state index contributed by atoms with van der Waals surface area (Å²) >= 11 is 5.92. The second-order valence-corrected chi connectivity index (χ2v) is 8.55.